The molecule has 5 heteroatoms. The van der Waals surface area contributed by atoms with Crippen LogP contribution < -0.4 is 4.74 Å². The third-order valence-electron chi connectivity index (χ3n) is 6.12. The molecule has 34 heavy (non-hydrogen) atoms. The molecule has 2 heterocycles. The number of ether oxygens (including phenoxy) is 1. The van der Waals surface area contributed by atoms with E-state index in [1.54, 1.807) is 12.1 Å². The molecule has 0 atom stereocenters. The zero-order valence-corrected chi connectivity index (χ0v) is 20.1. The van der Waals surface area contributed by atoms with Crippen LogP contribution in [0, 0.1) is 12.7 Å². The van der Waals surface area contributed by atoms with Gasteiger partial charge in [-0.25, -0.2) is 4.39 Å². The molecule has 1 aliphatic rings. The van der Waals surface area contributed by atoms with Crippen molar-refractivity contribution in [3.63, 3.8) is 0 Å². The zero-order valence-electron chi connectivity index (χ0n) is 20.1. The Bertz CT molecular complexity index is 1260. The van der Waals surface area contributed by atoms with E-state index in [1.165, 1.54) is 12.1 Å². The molecule has 1 aliphatic heterocycles. The molecule has 0 saturated carbocycles. The fraction of sp³-hybridized carbons (Fsp3) is 0.276. The highest BCUT2D eigenvalue weighted by Gasteiger charge is 2.28. The normalized spacial score (nSPS) is 13.0. The number of hydrogen-bond donors (Lipinski definition) is 0. The van der Waals surface area contributed by atoms with Gasteiger partial charge in [-0.1, -0.05) is 50.2 Å². The van der Waals surface area contributed by atoms with Crippen molar-refractivity contribution in [1.29, 1.82) is 0 Å². The summed E-state index contributed by atoms with van der Waals surface area (Å²) in [5.41, 5.74) is 4.21. The van der Waals surface area contributed by atoms with E-state index >= 15 is 0 Å². The van der Waals surface area contributed by atoms with Gasteiger partial charge in [0.15, 0.2) is 0 Å². The largest absolute Gasteiger partial charge is 0.488 e. The number of aryl methyl sites for hydroxylation is 1. The average Bonchev–Trinajstić information content (AvgIpc) is 3.52. The van der Waals surface area contributed by atoms with Gasteiger partial charge in [-0.3, -0.25) is 4.79 Å². The van der Waals surface area contributed by atoms with Gasteiger partial charge in [0.1, 0.15) is 23.9 Å². The SMILES string of the molecule is CC.Cc1c(C(=O)N2CCCC2)n(-c2ccc(F)cc2)c2cccc(OCc3ccccc3)c12. The van der Waals surface area contributed by atoms with E-state index in [4.69, 9.17) is 4.74 Å². The van der Waals surface area contributed by atoms with Crippen molar-refractivity contribution in [2.75, 3.05) is 13.1 Å². The molecular weight excluding hydrogens is 427 g/mol. The Morgan fingerprint density at radius 3 is 2.26 bits per heavy atom. The first-order chi connectivity index (χ1) is 16.6. The van der Waals surface area contributed by atoms with Crippen LogP contribution in [0.25, 0.3) is 16.6 Å². The molecule has 0 N–H and O–H groups in total. The first-order valence-electron chi connectivity index (χ1n) is 12.0. The lowest BCUT2D eigenvalue weighted by Gasteiger charge is -2.18. The quantitative estimate of drug-likeness (QED) is 0.325. The number of rotatable bonds is 5. The summed E-state index contributed by atoms with van der Waals surface area (Å²) in [4.78, 5) is 15.5. The van der Waals surface area contributed by atoms with Crippen LogP contribution >= 0.6 is 0 Å². The summed E-state index contributed by atoms with van der Waals surface area (Å²) < 4.78 is 21.8. The maximum absolute atomic E-state index is 13.6. The van der Waals surface area contributed by atoms with E-state index in [2.05, 4.69) is 0 Å². The van der Waals surface area contributed by atoms with Crippen molar-refractivity contribution in [1.82, 2.24) is 9.47 Å². The monoisotopic (exact) mass is 458 g/mol. The van der Waals surface area contributed by atoms with Gasteiger partial charge in [-0.05, 0) is 67.3 Å². The number of halogens is 1. The minimum Gasteiger partial charge on any atom is -0.488 e. The highest BCUT2D eigenvalue weighted by molar-refractivity contribution is 6.04. The van der Waals surface area contributed by atoms with Crippen LogP contribution in [0.5, 0.6) is 5.75 Å². The summed E-state index contributed by atoms with van der Waals surface area (Å²) in [6, 6.07) is 22.2. The zero-order chi connectivity index (χ0) is 24.1. The predicted octanol–water partition coefficient (Wildman–Crippen LogP) is 6.92. The Kier molecular flexibility index (Phi) is 7.31. The molecule has 4 aromatic rings. The molecule has 3 aromatic carbocycles. The Balaban J connectivity index is 0.00000133. The summed E-state index contributed by atoms with van der Waals surface area (Å²) >= 11 is 0. The number of benzene rings is 3. The van der Waals surface area contributed by atoms with Gasteiger partial charge in [-0.2, -0.15) is 0 Å². The number of amides is 1. The Hall–Kier alpha value is -3.60. The van der Waals surface area contributed by atoms with Crippen LogP contribution in [-0.2, 0) is 6.61 Å². The lowest BCUT2D eigenvalue weighted by molar-refractivity contribution is 0.0784. The van der Waals surface area contributed by atoms with Crippen LogP contribution in [0.15, 0.2) is 72.8 Å². The molecule has 0 aliphatic carbocycles. The first-order valence-corrected chi connectivity index (χ1v) is 12.0. The topological polar surface area (TPSA) is 34.5 Å². The van der Waals surface area contributed by atoms with E-state index in [0.717, 1.165) is 59.4 Å². The third-order valence-corrected chi connectivity index (χ3v) is 6.12. The molecule has 0 bridgehead atoms. The Labute approximate surface area is 200 Å². The Morgan fingerprint density at radius 2 is 1.59 bits per heavy atom. The number of likely N-dealkylation sites (tertiary alicyclic amines) is 1. The van der Waals surface area contributed by atoms with Gasteiger partial charge in [0.2, 0.25) is 0 Å². The summed E-state index contributed by atoms with van der Waals surface area (Å²) in [7, 11) is 0. The number of fused-ring (bicyclic) bond motifs is 1. The van der Waals surface area contributed by atoms with Gasteiger partial charge in [0, 0.05) is 24.2 Å². The molecule has 1 fully saturated rings. The van der Waals surface area contributed by atoms with Crippen molar-refractivity contribution in [2.45, 2.75) is 40.2 Å². The lowest BCUT2D eigenvalue weighted by Crippen LogP contribution is -2.30. The molecule has 5 rings (SSSR count). The number of carbonyl (C=O) groups is 1. The summed E-state index contributed by atoms with van der Waals surface area (Å²) in [5.74, 6) is 0.441. The Morgan fingerprint density at radius 1 is 0.912 bits per heavy atom. The number of hydrogen-bond acceptors (Lipinski definition) is 2. The average molecular weight is 459 g/mol. The minimum absolute atomic E-state index is 0.00883. The van der Waals surface area contributed by atoms with Gasteiger partial charge in [0.05, 0.1) is 5.52 Å². The smallest absolute Gasteiger partial charge is 0.271 e. The maximum atomic E-state index is 13.6. The second-order valence-electron chi connectivity index (χ2n) is 8.21. The van der Waals surface area contributed by atoms with Crippen LogP contribution in [0.4, 0.5) is 4.39 Å². The van der Waals surface area contributed by atoms with Crippen LogP contribution in [-0.4, -0.2) is 28.5 Å². The second-order valence-corrected chi connectivity index (χ2v) is 8.21. The fourth-order valence-corrected chi connectivity index (χ4v) is 4.53. The fourth-order valence-electron chi connectivity index (χ4n) is 4.53. The van der Waals surface area contributed by atoms with Crippen molar-refractivity contribution in [3.8, 4) is 11.4 Å². The van der Waals surface area contributed by atoms with Crippen molar-refractivity contribution < 1.29 is 13.9 Å². The molecule has 1 saturated heterocycles. The van der Waals surface area contributed by atoms with Gasteiger partial charge < -0.3 is 14.2 Å². The molecule has 1 aromatic heterocycles. The van der Waals surface area contributed by atoms with Crippen molar-refractivity contribution in [3.05, 3.63) is 95.4 Å². The molecule has 176 valence electrons. The first kappa shape index (κ1) is 23.6. The number of carbonyl (C=O) groups excluding carboxylic acids is 1. The van der Waals surface area contributed by atoms with E-state index in [1.807, 2.05) is 78.8 Å². The molecule has 0 radical (unpaired) electrons. The van der Waals surface area contributed by atoms with Crippen LogP contribution in [0.2, 0.25) is 0 Å². The van der Waals surface area contributed by atoms with E-state index < -0.39 is 0 Å². The summed E-state index contributed by atoms with van der Waals surface area (Å²) in [6.07, 6.45) is 2.04. The van der Waals surface area contributed by atoms with Gasteiger partial charge in [-0.15, -0.1) is 0 Å². The van der Waals surface area contributed by atoms with Crippen LogP contribution in [0.1, 0.15) is 48.3 Å². The third kappa shape index (κ3) is 4.56. The van der Waals surface area contributed by atoms with E-state index in [9.17, 15) is 9.18 Å². The maximum Gasteiger partial charge on any atom is 0.271 e. The van der Waals surface area contributed by atoms with E-state index in [0.29, 0.717) is 12.3 Å². The summed E-state index contributed by atoms with van der Waals surface area (Å²) in [6.45, 7) is 7.94. The van der Waals surface area contributed by atoms with Crippen molar-refractivity contribution >= 4 is 16.8 Å². The molecule has 4 nitrogen and oxygen atoms in total. The standard InChI is InChI=1S/C27H25FN2O2.C2H6/c1-19-25-23(10-7-11-24(25)32-18-20-8-3-2-4-9-20)30(22-14-12-21(28)13-15-22)26(19)27(31)29-16-5-6-17-29;1-2/h2-4,7-15H,5-6,16-18H2,1H3;1-2H3. The minimum atomic E-state index is -0.304. The molecule has 0 spiro atoms. The molecular formula is C29H31FN2O2. The lowest BCUT2D eigenvalue weighted by atomic mass is 10.1. The number of aromatic nitrogens is 1. The van der Waals surface area contributed by atoms with Gasteiger partial charge >= 0.3 is 0 Å². The molecule has 0 unspecified atom stereocenters. The van der Waals surface area contributed by atoms with Crippen molar-refractivity contribution in [2.24, 2.45) is 0 Å². The number of nitrogens with zero attached hydrogens (tertiary/aromatic N) is 2. The highest BCUT2D eigenvalue weighted by Crippen LogP contribution is 2.36. The van der Waals surface area contributed by atoms with Gasteiger partial charge in [0.25, 0.3) is 5.91 Å². The van der Waals surface area contributed by atoms with E-state index in [-0.39, 0.29) is 11.7 Å². The molecule has 1 amide bonds. The second kappa shape index (κ2) is 10.6. The summed E-state index contributed by atoms with van der Waals surface area (Å²) in [5, 5.41) is 0.912. The predicted molar refractivity (Wildman–Crippen MR) is 135 cm³/mol. The van der Waals surface area contributed by atoms with Crippen LogP contribution in [0.3, 0.4) is 0 Å². The highest BCUT2D eigenvalue weighted by atomic mass is 19.1.